The third-order valence-corrected chi connectivity index (χ3v) is 4.70. The summed E-state index contributed by atoms with van der Waals surface area (Å²) in [6, 6.07) is 10.3. The Labute approximate surface area is 154 Å². The van der Waals surface area contributed by atoms with Crippen LogP contribution >= 0.6 is 15.9 Å². The van der Waals surface area contributed by atoms with E-state index in [-0.39, 0.29) is 11.8 Å². The topological polar surface area (TPSA) is 87.8 Å². The average Bonchev–Trinajstić information content (AvgIpc) is 3.39. The van der Waals surface area contributed by atoms with Gasteiger partial charge in [0.1, 0.15) is 18.1 Å². The number of benzene rings is 2. The lowest BCUT2D eigenvalue weighted by Crippen LogP contribution is -2.37. The number of carbonyl (C=O) groups excluding carboxylic acids is 1. The highest BCUT2D eigenvalue weighted by Crippen LogP contribution is 2.43. The van der Waals surface area contributed by atoms with Gasteiger partial charge >= 0.3 is 6.03 Å². The Morgan fingerprint density at radius 2 is 2.16 bits per heavy atom. The molecule has 0 unspecified atom stereocenters. The number of anilines is 1. The number of hydrazine groups is 1. The van der Waals surface area contributed by atoms with Crippen LogP contribution in [0.5, 0.6) is 11.5 Å². The number of urea groups is 1. The SMILES string of the molecule is CN(N)C(=O)Nc1cccc(C2CC2)c1COc1ccc(O)cc1Br. The molecule has 7 heteroatoms. The third kappa shape index (κ3) is 4.24. The van der Waals surface area contributed by atoms with Gasteiger partial charge in [0.05, 0.1) is 4.47 Å². The molecule has 1 aliphatic rings. The third-order valence-electron chi connectivity index (χ3n) is 4.08. The minimum absolute atomic E-state index is 0.163. The second-order valence-electron chi connectivity index (χ2n) is 6.09. The molecule has 25 heavy (non-hydrogen) atoms. The van der Waals surface area contributed by atoms with Gasteiger partial charge in [0, 0.05) is 18.3 Å². The normalized spacial score (nSPS) is 13.4. The number of aromatic hydroxyl groups is 1. The van der Waals surface area contributed by atoms with Crippen LogP contribution in [0.1, 0.15) is 29.9 Å². The largest absolute Gasteiger partial charge is 0.508 e. The van der Waals surface area contributed by atoms with Gasteiger partial charge in [-0.3, -0.25) is 5.01 Å². The lowest BCUT2D eigenvalue weighted by Gasteiger charge is -2.18. The summed E-state index contributed by atoms with van der Waals surface area (Å²) in [6.45, 7) is 0.306. The Kier molecular flexibility index (Phi) is 5.15. The molecule has 4 N–H and O–H groups in total. The number of phenols is 1. The van der Waals surface area contributed by atoms with Crippen molar-refractivity contribution in [1.82, 2.24) is 5.01 Å². The van der Waals surface area contributed by atoms with Crippen LogP contribution in [-0.2, 0) is 6.61 Å². The van der Waals surface area contributed by atoms with Gasteiger partial charge in [0.25, 0.3) is 0 Å². The Bertz CT molecular complexity index is 791. The van der Waals surface area contributed by atoms with Crippen molar-refractivity contribution in [3.63, 3.8) is 0 Å². The molecule has 0 heterocycles. The first-order valence-electron chi connectivity index (χ1n) is 7.98. The average molecular weight is 406 g/mol. The molecule has 1 aliphatic carbocycles. The van der Waals surface area contributed by atoms with E-state index >= 15 is 0 Å². The summed E-state index contributed by atoms with van der Waals surface area (Å²) >= 11 is 3.38. The fourth-order valence-corrected chi connectivity index (χ4v) is 3.10. The molecule has 3 rings (SSSR count). The highest BCUT2D eigenvalue weighted by molar-refractivity contribution is 9.10. The molecule has 1 fully saturated rings. The molecule has 2 aromatic rings. The summed E-state index contributed by atoms with van der Waals surface area (Å²) in [6.07, 6.45) is 2.29. The van der Waals surface area contributed by atoms with Crippen LogP contribution in [0.2, 0.25) is 0 Å². The van der Waals surface area contributed by atoms with Crippen LogP contribution in [-0.4, -0.2) is 23.2 Å². The van der Waals surface area contributed by atoms with Crippen molar-refractivity contribution in [1.29, 1.82) is 0 Å². The van der Waals surface area contributed by atoms with Crippen molar-refractivity contribution in [3.05, 3.63) is 52.0 Å². The number of amides is 2. The van der Waals surface area contributed by atoms with E-state index in [1.165, 1.54) is 12.6 Å². The van der Waals surface area contributed by atoms with Gasteiger partial charge in [-0.25, -0.2) is 10.6 Å². The minimum Gasteiger partial charge on any atom is -0.508 e. The molecule has 6 nitrogen and oxygen atoms in total. The predicted molar refractivity (Wildman–Crippen MR) is 99.5 cm³/mol. The summed E-state index contributed by atoms with van der Waals surface area (Å²) in [5, 5.41) is 13.3. The fraction of sp³-hybridized carbons (Fsp3) is 0.278. The zero-order chi connectivity index (χ0) is 18.0. The number of hydrogen-bond acceptors (Lipinski definition) is 4. The van der Waals surface area contributed by atoms with Gasteiger partial charge in [-0.2, -0.15) is 0 Å². The number of carbonyl (C=O) groups is 1. The summed E-state index contributed by atoms with van der Waals surface area (Å²) in [5.74, 6) is 6.80. The second kappa shape index (κ2) is 7.33. The maximum absolute atomic E-state index is 11.9. The number of nitrogens with one attached hydrogen (secondary N) is 1. The molecule has 2 amide bonds. The van der Waals surface area contributed by atoms with E-state index in [0.717, 1.165) is 23.4 Å². The molecule has 0 spiro atoms. The van der Waals surface area contributed by atoms with E-state index in [1.807, 2.05) is 12.1 Å². The molecule has 0 aromatic heterocycles. The molecule has 132 valence electrons. The molecule has 0 saturated heterocycles. The quantitative estimate of drug-likeness (QED) is 0.399. The Hall–Kier alpha value is -2.25. The van der Waals surface area contributed by atoms with Crippen molar-refractivity contribution < 1.29 is 14.6 Å². The molecular weight excluding hydrogens is 386 g/mol. The van der Waals surface area contributed by atoms with E-state index in [0.29, 0.717) is 28.4 Å². The predicted octanol–water partition coefficient (Wildman–Crippen LogP) is 3.95. The van der Waals surface area contributed by atoms with Gasteiger partial charge in [0.15, 0.2) is 0 Å². The van der Waals surface area contributed by atoms with Gasteiger partial charge < -0.3 is 15.2 Å². The van der Waals surface area contributed by atoms with E-state index in [9.17, 15) is 9.90 Å². The summed E-state index contributed by atoms with van der Waals surface area (Å²) in [4.78, 5) is 11.9. The van der Waals surface area contributed by atoms with Crippen LogP contribution in [0.3, 0.4) is 0 Å². The number of nitrogens with two attached hydrogens (primary N) is 1. The van der Waals surface area contributed by atoms with Gasteiger partial charge in [0.2, 0.25) is 0 Å². The minimum atomic E-state index is -0.389. The lowest BCUT2D eigenvalue weighted by atomic mass is 10.0. The Morgan fingerprint density at radius 3 is 2.80 bits per heavy atom. The number of nitrogens with zero attached hydrogens (tertiary/aromatic N) is 1. The smallest absolute Gasteiger partial charge is 0.335 e. The monoisotopic (exact) mass is 405 g/mol. The highest BCUT2D eigenvalue weighted by Gasteiger charge is 2.27. The summed E-state index contributed by atoms with van der Waals surface area (Å²) in [7, 11) is 1.49. The highest BCUT2D eigenvalue weighted by atomic mass is 79.9. The van der Waals surface area contributed by atoms with E-state index in [4.69, 9.17) is 10.6 Å². The van der Waals surface area contributed by atoms with Gasteiger partial charge in [-0.1, -0.05) is 12.1 Å². The first-order valence-corrected chi connectivity index (χ1v) is 8.77. The number of halogens is 1. The standard InChI is InChI=1S/C18H20BrN3O3/c1-22(20)18(24)21-16-4-2-3-13(11-5-6-11)14(16)10-25-17-8-7-12(23)9-15(17)19/h2-4,7-9,11,23H,5-6,10,20H2,1H3,(H,21,24). The molecule has 0 radical (unpaired) electrons. The Morgan fingerprint density at radius 1 is 1.40 bits per heavy atom. The number of hydrogen-bond donors (Lipinski definition) is 3. The van der Waals surface area contributed by atoms with Crippen molar-refractivity contribution >= 4 is 27.6 Å². The van der Waals surface area contributed by atoms with Gasteiger partial charge in [-0.05, 0) is 64.5 Å². The van der Waals surface area contributed by atoms with Gasteiger partial charge in [-0.15, -0.1) is 0 Å². The van der Waals surface area contributed by atoms with Crippen molar-refractivity contribution in [2.24, 2.45) is 5.84 Å². The molecular formula is C18H20BrN3O3. The zero-order valence-corrected chi connectivity index (χ0v) is 15.4. The number of ether oxygens (including phenoxy) is 1. The van der Waals surface area contributed by atoms with Crippen LogP contribution in [0.15, 0.2) is 40.9 Å². The summed E-state index contributed by atoms with van der Waals surface area (Å²) in [5.41, 5.74) is 2.83. The van der Waals surface area contributed by atoms with E-state index in [1.54, 1.807) is 18.2 Å². The maximum atomic E-state index is 11.9. The van der Waals surface area contributed by atoms with Crippen LogP contribution < -0.4 is 15.9 Å². The molecule has 2 aromatic carbocycles. The van der Waals surface area contributed by atoms with E-state index in [2.05, 4.69) is 27.3 Å². The van der Waals surface area contributed by atoms with Crippen molar-refractivity contribution in [2.45, 2.75) is 25.4 Å². The van der Waals surface area contributed by atoms with Crippen LogP contribution in [0.4, 0.5) is 10.5 Å². The Balaban J connectivity index is 1.86. The fourth-order valence-electron chi connectivity index (χ4n) is 2.62. The maximum Gasteiger partial charge on any atom is 0.335 e. The molecule has 1 saturated carbocycles. The second-order valence-corrected chi connectivity index (χ2v) is 6.95. The molecule has 0 aliphatic heterocycles. The summed E-state index contributed by atoms with van der Waals surface area (Å²) < 4.78 is 6.60. The first kappa shape index (κ1) is 17.6. The number of rotatable bonds is 5. The molecule has 0 atom stereocenters. The van der Waals surface area contributed by atoms with Crippen molar-refractivity contribution in [3.8, 4) is 11.5 Å². The zero-order valence-electron chi connectivity index (χ0n) is 13.8. The lowest BCUT2D eigenvalue weighted by molar-refractivity contribution is 0.223. The van der Waals surface area contributed by atoms with E-state index < -0.39 is 0 Å². The van der Waals surface area contributed by atoms with Crippen molar-refractivity contribution in [2.75, 3.05) is 12.4 Å². The number of phenolic OH excluding ortho intramolecular Hbond substituents is 1. The first-order chi connectivity index (χ1) is 12.0. The molecule has 0 bridgehead atoms. The van der Waals surface area contributed by atoms with Crippen LogP contribution in [0.25, 0.3) is 0 Å². The van der Waals surface area contributed by atoms with Crippen LogP contribution in [0, 0.1) is 0 Å².